The Morgan fingerprint density at radius 3 is 2.53 bits per heavy atom. The minimum Gasteiger partial charge on any atom is -0.493 e. The maximum absolute atomic E-state index is 6.75. The van der Waals surface area contributed by atoms with Gasteiger partial charge in [-0.15, -0.1) is 11.6 Å². The summed E-state index contributed by atoms with van der Waals surface area (Å²) in [6.45, 7) is 5.18. The van der Waals surface area contributed by atoms with Crippen molar-refractivity contribution in [2.75, 3.05) is 6.61 Å². The lowest BCUT2D eigenvalue weighted by atomic mass is 9.89. The zero-order valence-corrected chi connectivity index (χ0v) is 13.2. The Hall–Kier alpha value is -0.400. The van der Waals surface area contributed by atoms with Gasteiger partial charge in [0.1, 0.15) is 5.75 Å². The van der Waals surface area contributed by atoms with Crippen LogP contribution in [0.3, 0.4) is 0 Å². The zero-order chi connectivity index (χ0) is 13.8. The monoisotopic (exact) mass is 300 g/mol. The van der Waals surface area contributed by atoms with E-state index in [-0.39, 0.29) is 5.38 Å². The molecule has 0 bridgehead atoms. The number of fused-ring (bicyclic) bond motifs is 1. The molecule has 0 radical (unpaired) electrons. The summed E-state index contributed by atoms with van der Waals surface area (Å²) in [5.74, 6) is 1.49. The molecule has 0 aliphatic carbocycles. The molecule has 0 saturated carbocycles. The lowest BCUT2D eigenvalue weighted by Gasteiger charge is -2.23. The fourth-order valence-electron chi connectivity index (χ4n) is 2.94. The first-order valence-corrected chi connectivity index (χ1v) is 8.08. The lowest BCUT2D eigenvalue weighted by Crippen LogP contribution is -2.09. The summed E-state index contributed by atoms with van der Waals surface area (Å²) in [6, 6.07) is 3.99. The van der Waals surface area contributed by atoms with Gasteiger partial charge in [0.05, 0.1) is 12.0 Å². The second kappa shape index (κ2) is 6.85. The van der Waals surface area contributed by atoms with E-state index in [9.17, 15) is 0 Å². The van der Waals surface area contributed by atoms with Gasteiger partial charge in [0, 0.05) is 17.0 Å². The van der Waals surface area contributed by atoms with E-state index in [0.29, 0.717) is 5.92 Å². The highest BCUT2D eigenvalue weighted by Crippen LogP contribution is 2.44. The van der Waals surface area contributed by atoms with E-state index in [4.69, 9.17) is 27.9 Å². The van der Waals surface area contributed by atoms with Crippen molar-refractivity contribution in [2.45, 2.75) is 51.3 Å². The minimum absolute atomic E-state index is 0.00505. The molecule has 0 spiro atoms. The number of rotatable bonds is 6. The third-order valence-electron chi connectivity index (χ3n) is 3.81. The minimum atomic E-state index is 0.00505. The van der Waals surface area contributed by atoms with Gasteiger partial charge in [0.2, 0.25) is 0 Å². The Morgan fingerprint density at radius 1 is 1.21 bits per heavy atom. The Labute approximate surface area is 126 Å². The van der Waals surface area contributed by atoms with Crippen LogP contribution in [-0.2, 0) is 6.42 Å². The van der Waals surface area contributed by atoms with E-state index in [1.807, 2.05) is 12.1 Å². The Balaban J connectivity index is 2.29. The molecule has 2 rings (SSSR count). The molecule has 0 amide bonds. The normalized spacial score (nSPS) is 15.4. The molecule has 0 fully saturated rings. The topological polar surface area (TPSA) is 9.23 Å². The zero-order valence-electron chi connectivity index (χ0n) is 11.7. The van der Waals surface area contributed by atoms with E-state index < -0.39 is 0 Å². The van der Waals surface area contributed by atoms with E-state index >= 15 is 0 Å². The van der Waals surface area contributed by atoms with Crippen LogP contribution in [0, 0.1) is 5.92 Å². The Morgan fingerprint density at radius 2 is 1.89 bits per heavy atom. The van der Waals surface area contributed by atoms with Crippen LogP contribution >= 0.6 is 23.2 Å². The van der Waals surface area contributed by atoms with Gasteiger partial charge in [0.25, 0.3) is 0 Å². The van der Waals surface area contributed by atoms with Crippen molar-refractivity contribution < 1.29 is 4.74 Å². The molecule has 1 aliphatic rings. The van der Waals surface area contributed by atoms with Gasteiger partial charge >= 0.3 is 0 Å². The van der Waals surface area contributed by atoms with E-state index in [0.717, 1.165) is 55.0 Å². The van der Waals surface area contributed by atoms with Crippen molar-refractivity contribution in [3.05, 3.63) is 28.3 Å². The molecule has 1 atom stereocenters. The molecule has 19 heavy (non-hydrogen) atoms. The highest BCUT2D eigenvalue weighted by Gasteiger charge is 2.27. The highest BCUT2D eigenvalue weighted by atomic mass is 35.5. The molecule has 1 aliphatic heterocycles. The van der Waals surface area contributed by atoms with Crippen LogP contribution in [0.25, 0.3) is 0 Å². The van der Waals surface area contributed by atoms with Gasteiger partial charge in [-0.3, -0.25) is 0 Å². The number of halogens is 2. The summed E-state index contributed by atoms with van der Waals surface area (Å²) in [6.07, 6.45) is 5.58. The first-order chi connectivity index (χ1) is 9.17. The number of hydrogen-bond donors (Lipinski definition) is 0. The average molecular weight is 301 g/mol. The summed E-state index contributed by atoms with van der Waals surface area (Å²) in [4.78, 5) is 0. The second-order valence-corrected chi connectivity index (χ2v) is 6.23. The molecule has 1 aromatic rings. The molecule has 1 heterocycles. The summed E-state index contributed by atoms with van der Waals surface area (Å²) < 4.78 is 5.77. The predicted molar refractivity (Wildman–Crippen MR) is 82.6 cm³/mol. The summed E-state index contributed by atoms with van der Waals surface area (Å²) in [5, 5.41) is 0.780. The van der Waals surface area contributed by atoms with Crippen molar-refractivity contribution in [3.8, 4) is 5.75 Å². The molecule has 1 nitrogen and oxygen atoms in total. The van der Waals surface area contributed by atoms with Crippen LogP contribution in [0.1, 0.15) is 56.0 Å². The standard InChI is InChI=1S/C16H22Cl2O/c1-3-5-11(6-4-2)15(18)14-10-13(17)9-12-7-8-19-16(12)14/h9-11,15H,3-8H2,1-2H3. The smallest absolute Gasteiger partial charge is 0.127 e. The first-order valence-electron chi connectivity index (χ1n) is 7.26. The Bertz CT molecular complexity index is 425. The number of hydrogen-bond acceptors (Lipinski definition) is 1. The fourth-order valence-corrected chi connectivity index (χ4v) is 3.60. The maximum Gasteiger partial charge on any atom is 0.127 e. The van der Waals surface area contributed by atoms with Crippen LogP contribution in [-0.4, -0.2) is 6.61 Å². The van der Waals surface area contributed by atoms with Crippen molar-refractivity contribution >= 4 is 23.2 Å². The van der Waals surface area contributed by atoms with E-state index in [2.05, 4.69) is 13.8 Å². The third-order valence-corrected chi connectivity index (χ3v) is 4.62. The number of benzene rings is 1. The fraction of sp³-hybridized carbons (Fsp3) is 0.625. The van der Waals surface area contributed by atoms with Gasteiger partial charge in [0.15, 0.2) is 0 Å². The van der Waals surface area contributed by atoms with E-state index in [1.165, 1.54) is 5.56 Å². The van der Waals surface area contributed by atoms with Crippen LogP contribution in [0.4, 0.5) is 0 Å². The van der Waals surface area contributed by atoms with Crippen molar-refractivity contribution in [1.82, 2.24) is 0 Å². The quantitative estimate of drug-likeness (QED) is 0.606. The molecule has 3 heteroatoms. The molecule has 0 N–H and O–H groups in total. The average Bonchev–Trinajstić information content (AvgIpc) is 2.84. The molecule has 106 valence electrons. The molecule has 0 saturated heterocycles. The van der Waals surface area contributed by atoms with Crippen molar-refractivity contribution in [2.24, 2.45) is 5.92 Å². The molecule has 1 aromatic carbocycles. The lowest BCUT2D eigenvalue weighted by molar-refractivity contribution is 0.346. The number of ether oxygens (including phenoxy) is 1. The highest BCUT2D eigenvalue weighted by molar-refractivity contribution is 6.31. The van der Waals surface area contributed by atoms with Crippen LogP contribution < -0.4 is 4.74 Å². The van der Waals surface area contributed by atoms with Crippen LogP contribution in [0.5, 0.6) is 5.75 Å². The summed E-state index contributed by atoms with van der Waals surface area (Å²) >= 11 is 13.0. The summed E-state index contributed by atoms with van der Waals surface area (Å²) in [5.41, 5.74) is 2.30. The Kier molecular flexibility index (Phi) is 5.41. The van der Waals surface area contributed by atoms with Gasteiger partial charge < -0.3 is 4.74 Å². The molecular weight excluding hydrogens is 279 g/mol. The van der Waals surface area contributed by atoms with Crippen LogP contribution in [0.15, 0.2) is 12.1 Å². The molecular formula is C16H22Cl2O. The maximum atomic E-state index is 6.75. The van der Waals surface area contributed by atoms with Crippen molar-refractivity contribution in [1.29, 1.82) is 0 Å². The predicted octanol–water partition coefficient (Wildman–Crippen LogP) is 5.77. The van der Waals surface area contributed by atoms with Gasteiger partial charge in [-0.25, -0.2) is 0 Å². The third kappa shape index (κ3) is 3.38. The second-order valence-electron chi connectivity index (χ2n) is 5.32. The SMILES string of the molecule is CCCC(CCC)C(Cl)c1cc(Cl)cc2c1OCC2. The van der Waals surface area contributed by atoms with Gasteiger partial charge in [-0.1, -0.05) is 38.3 Å². The van der Waals surface area contributed by atoms with Crippen molar-refractivity contribution in [3.63, 3.8) is 0 Å². The van der Waals surface area contributed by atoms with Gasteiger partial charge in [-0.2, -0.15) is 0 Å². The molecule has 1 unspecified atom stereocenters. The van der Waals surface area contributed by atoms with E-state index in [1.54, 1.807) is 0 Å². The first kappa shape index (κ1) is 15.0. The summed E-state index contributed by atoms with van der Waals surface area (Å²) in [7, 11) is 0. The van der Waals surface area contributed by atoms with Crippen LogP contribution in [0.2, 0.25) is 5.02 Å². The molecule has 0 aromatic heterocycles. The number of alkyl halides is 1. The largest absolute Gasteiger partial charge is 0.493 e. The van der Waals surface area contributed by atoms with Gasteiger partial charge in [-0.05, 0) is 36.5 Å².